The first-order valence-corrected chi connectivity index (χ1v) is 24.6. The molecular formula is C56H67FN2O11. The molecule has 1 saturated carbocycles. The number of benzene rings is 4. The molecule has 4 aromatic carbocycles. The van der Waals surface area contributed by atoms with E-state index in [0.717, 1.165) is 47.9 Å². The van der Waals surface area contributed by atoms with Crippen molar-refractivity contribution < 1.29 is 57.4 Å². The molecule has 70 heavy (non-hydrogen) atoms. The third-order valence-corrected chi connectivity index (χ3v) is 13.4. The van der Waals surface area contributed by atoms with Crippen LogP contribution in [0.3, 0.4) is 0 Å². The zero-order valence-corrected chi connectivity index (χ0v) is 40.6. The Hall–Kier alpha value is -5.93. The molecule has 0 bridgehead atoms. The lowest BCUT2D eigenvalue weighted by Gasteiger charge is -2.60. The number of oxime groups is 1. The number of allylic oxidation sites excluding steroid dienone is 1. The molecule has 8 rings (SSSR count). The first-order valence-electron chi connectivity index (χ1n) is 24.6. The van der Waals surface area contributed by atoms with Crippen LogP contribution in [-0.4, -0.2) is 84.2 Å². The molecule has 2 N–H and O–H groups in total. The van der Waals surface area contributed by atoms with E-state index in [-0.39, 0.29) is 83.0 Å². The molecule has 6 atom stereocenters. The number of aliphatic hydroxyl groups is 2. The maximum atomic E-state index is 15.1. The highest BCUT2D eigenvalue weighted by Crippen LogP contribution is 2.62. The SMILES string of the molecule is C=CCO[C@@]12Oc3ccc(OCc4ccccc4F)cc3[C@H]3[C@H](CCCCO)[C@@H](CCCCO)C=C(C(=NOC(C)(C)C)C[C@@H]1N(Cc1ccc4c(c1)OCO4)C(=O)OCCOCc1ccccc1)[C@H]32. The Labute approximate surface area is 410 Å². The lowest BCUT2D eigenvalue weighted by Crippen LogP contribution is -2.70. The molecule has 2 aliphatic carbocycles. The Morgan fingerprint density at radius 1 is 0.886 bits per heavy atom. The second-order valence-corrected chi connectivity index (χ2v) is 19.3. The van der Waals surface area contributed by atoms with E-state index in [1.807, 2.05) is 87.5 Å². The van der Waals surface area contributed by atoms with Gasteiger partial charge >= 0.3 is 6.09 Å². The normalized spacial score (nSPS) is 22.6. The summed E-state index contributed by atoms with van der Waals surface area (Å²) in [5.41, 5.74) is 3.92. The minimum Gasteiger partial charge on any atom is -0.489 e. The molecule has 14 heteroatoms. The van der Waals surface area contributed by atoms with Crippen molar-refractivity contribution in [3.8, 4) is 23.0 Å². The summed E-state index contributed by atoms with van der Waals surface area (Å²) in [6, 6.07) is 26.8. The van der Waals surface area contributed by atoms with Gasteiger partial charge in [0.2, 0.25) is 12.6 Å². The average Bonchev–Trinajstić information content (AvgIpc) is 3.83. The van der Waals surface area contributed by atoms with Crippen LogP contribution in [-0.2, 0) is 38.8 Å². The molecule has 13 nitrogen and oxygen atoms in total. The Balaban J connectivity index is 1.27. The van der Waals surface area contributed by atoms with Crippen LogP contribution in [0.25, 0.3) is 0 Å². The minimum absolute atomic E-state index is 0.00881. The van der Waals surface area contributed by atoms with Crippen molar-refractivity contribution in [3.05, 3.63) is 143 Å². The number of amides is 1. The topological polar surface area (TPSA) is 147 Å². The van der Waals surface area contributed by atoms with Crippen LogP contribution >= 0.6 is 0 Å². The van der Waals surface area contributed by atoms with E-state index in [4.69, 9.17) is 43.2 Å². The van der Waals surface area contributed by atoms with Gasteiger partial charge in [-0.25, -0.2) is 9.18 Å². The molecule has 1 amide bonds. The summed E-state index contributed by atoms with van der Waals surface area (Å²) in [6.07, 6.45) is 7.82. The number of hydrogen-bond acceptors (Lipinski definition) is 12. The summed E-state index contributed by atoms with van der Waals surface area (Å²) < 4.78 is 59.4. The number of fused-ring (bicyclic) bond motifs is 3. The first-order chi connectivity index (χ1) is 34.0. The summed E-state index contributed by atoms with van der Waals surface area (Å²) in [5.74, 6) is -0.587. The summed E-state index contributed by atoms with van der Waals surface area (Å²) >= 11 is 0. The molecular weight excluding hydrogens is 896 g/mol. The molecule has 2 heterocycles. The fourth-order valence-corrected chi connectivity index (χ4v) is 10.3. The van der Waals surface area contributed by atoms with Gasteiger partial charge in [-0.15, -0.1) is 6.58 Å². The number of carbonyl (C=O) groups is 1. The van der Waals surface area contributed by atoms with E-state index in [1.165, 1.54) is 6.07 Å². The van der Waals surface area contributed by atoms with E-state index >= 15 is 4.79 Å². The maximum absolute atomic E-state index is 15.1. The van der Waals surface area contributed by atoms with Crippen LogP contribution in [0.2, 0.25) is 0 Å². The molecule has 4 aromatic rings. The van der Waals surface area contributed by atoms with Crippen molar-refractivity contribution in [1.82, 2.24) is 4.90 Å². The minimum atomic E-state index is -1.56. The number of hydrogen-bond donors (Lipinski definition) is 2. The van der Waals surface area contributed by atoms with Crippen LogP contribution in [0.4, 0.5) is 9.18 Å². The van der Waals surface area contributed by atoms with Crippen molar-refractivity contribution in [2.24, 2.45) is 22.9 Å². The monoisotopic (exact) mass is 962 g/mol. The molecule has 374 valence electrons. The molecule has 0 aromatic heterocycles. The number of nitrogens with zero attached hydrogens (tertiary/aromatic N) is 2. The van der Waals surface area contributed by atoms with Crippen molar-refractivity contribution in [2.45, 2.75) is 109 Å². The highest BCUT2D eigenvalue weighted by Gasteiger charge is 2.66. The van der Waals surface area contributed by atoms with Crippen molar-refractivity contribution in [1.29, 1.82) is 0 Å². The van der Waals surface area contributed by atoms with Gasteiger partial charge in [-0.3, -0.25) is 4.90 Å². The second-order valence-electron chi connectivity index (χ2n) is 19.3. The number of aliphatic hydroxyl groups excluding tert-OH is 2. The standard InChI is InChI=1S/C56H67FN2O11/c1-5-27-68-56-51(59(34-39-21-23-49-50(30-39)67-37-66-49)54(62)64-29-28-63-35-38-15-7-6-8-16-38)33-47(58-70-55(2,3)4)44-31-40(17-11-13-25-60)43(19-12-14-26-61)52(53(44)56)45-32-42(22-24-48(45)69-56)65-36-41-18-9-10-20-46(41)57/h5-10,15-16,18,20-24,30-32,40,43,51-53,60-61H,1,11-14,17,19,25-29,33-37H2,2-4H3/t40-,43+,51-,52+,53+,56+/m0/s1. The molecule has 0 radical (unpaired) electrons. The lowest BCUT2D eigenvalue weighted by molar-refractivity contribution is -0.256. The van der Waals surface area contributed by atoms with Crippen molar-refractivity contribution in [3.63, 3.8) is 0 Å². The molecule has 0 unspecified atom stereocenters. The molecule has 0 saturated heterocycles. The third-order valence-electron chi connectivity index (χ3n) is 13.4. The van der Waals surface area contributed by atoms with Crippen LogP contribution in [0.1, 0.15) is 93.9 Å². The zero-order valence-electron chi connectivity index (χ0n) is 40.6. The predicted octanol–water partition coefficient (Wildman–Crippen LogP) is 10.4. The second kappa shape index (κ2) is 23.3. The number of halogens is 1. The summed E-state index contributed by atoms with van der Waals surface area (Å²) in [5, 5.41) is 25.0. The quantitative estimate of drug-likeness (QED) is 0.0416. The largest absolute Gasteiger partial charge is 0.489 e. The van der Waals surface area contributed by atoms with Crippen LogP contribution in [0.5, 0.6) is 23.0 Å². The van der Waals surface area contributed by atoms with Gasteiger partial charge in [-0.05, 0) is 111 Å². The Kier molecular flexibility index (Phi) is 16.8. The molecule has 0 spiro atoms. The number of ether oxygens (including phenoxy) is 7. The summed E-state index contributed by atoms with van der Waals surface area (Å²) in [6.45, 7) is 10.7. The summed E-state index contributed by atoms with van der Waals surface area (Å²) in [4.78, 5) is 23.1. The van der Waals surface area contributed by atoms with Gasteiger partial charge in [-0.2, -0.15) is 0 Å². The number of carbonyl (C=O) groups excluding carboxylic acids is 1. The van der Waals surface area contributed by atoms with Gasteiger partial charge in [0, 0.05) is 43.2 Å². The van der Waals surface area contributed by atoms with E-state index in [9.17, 15) is 14.6 Å². The zero-order chi connectivity index (χ0) is 49.1. The van der Waals surface area contributed by atoms with Gasteiger partial charge in [-0.1, -0.05) is 84.7 Å². The van der Waals surface area contributed by atoms with E-state index in [2.05, 4.69) is 12.7 Å². The smallest absolute Gasteiger partial charge is 0.410 e. The molecule has 1 fully saturated rings. The molecule has 2 aliphatic heterocycles. The first kappa shape index (κ1) is 50.5. The summed E-state index contributed by atoms with van der Waals surface area (Å²) in [7, 11) is 0. The van der Waals surface area contributed by atoms with E-state index in [0.29, 0.717) is 53.7 Å². The predicted molar refractivity (Wildman–Crippen MR) is 262 cm³/mol. The Bertz CT molecular complexity index is 2460. The van der Waals surface area contributed by atoms with Gasteiger partial charge in [0.15, 0.2) is 11.5 Å². The van der Waals surface area contributed by atoms with Crippen molar-refractivity contribution in [2.75, 3.05) is 39.8 Å². The van der Waals surface area contributed by atoms with Gasteiger partial charge in [0.25, 0.3) is 0 Å². The van der Waals surface area contributed by atoms with E-state index in [1.54, 1.807) is 29.2 Å². The lowest BCUT2D eigenvalue weighted by atomic mass is 9.55. The fraction of sp³-hybridized carbons (Fsp3) is 0.464. The van der Waals surface area contributed by atoms with Gasteiger partial charge in [0.1, 0.15) is 42.2 Å². The molecule has 4 aliphatic rings. The van der Waals surface area contributed by atoms with Crippen molar-refractivity contribution >= 4 is 11.8 Å². The van der Waals surface area contributed by atoms with E-state index < -0.39 is 29.4 Å². The van der Waals surface area contributed by atoms with Crippen LogP contribution < -0.4 is 18.9 Å². The van der Waals surface area contributed by atoms with Crippen LogP contribution in [0, 0.1) is 23.6 Å². The maximum Gasteiger partial charge on any atom is 0.410 e. The Morgan fingerprint density at radius 2 is 1.64 bits per heavy atom. The number of rotatable bonds is 23. The van der Waals surface area contributed by atoms with Gasteiger partial charge < -0.3 is 48.2 Å². The van der Waals surface area contributed by atoms with Crippen LogP contribution in [0.15, 0.2) is 120 Å². The third kappa shape index (κ3) is 11.8. The average molecular weight is 963 g/mol. The van der Waals surface area contributed by atoms with Gasteiger partial charge in [0.05, 0.1) is 31.5 Å². The Morgan fingerprint density at radius 3 is 2.41 bits per heavy atom. The highest BCUT2D eigenvalue weighted by atomic mass is 19.1. The highest BCUT2D eigenvalue weighted by molar-refractivity contribution is 6.03. The fourth-order valence-electron chi connectivity index (χ4n) is 10.3. The number of unbranched alkanes of at least 4 members (excludes halogenated alkanes) is 2.